The first-order chi connectivity index (χ1) is 18.2. The minimum Gasteiger partial charge on any atom is -0.495 e. The van der Waals surface area contributed by atoms with Gasteiger partial charge in [-0.05, 0) is 30.0 Å². The summed E-state index contributed by atoms with van der Waals surface area (Å²) in [6.07, 6.45) is 5.90. The summed E-state index contributed by atoms with van der Waals surface area (Å²) >= 11 is 12.5. The van der Waals surface area contributed by atoms with Crippen molar-refractivity contribution in [2.24, 2.45) is 5.92 Å². The van der Waals surface area contributed by atoms with E-state index >= 15 is 0 Å². The second-order valence-electron chi connectivity index (χ2n) is 9.48. The first-order valence-corrected chi connectivity index (χ1v) is 13.2. The van der Waals surface area contributed by atoms with Gasteiger partial charge in [-0.3, -0.25) is 14.2 Å². The number of aromatic nitrogens is 4. The van der Waals surface area contributed by atoms with E-state index < -0.39 is 6.04 Å². The number of nitrogens with zero attached hydrogens (tertiary/aromatic N) is 6. The summed E-state index contributed by atoms with van der Waals surface area (Å²) in [5.41, 5.74) is 0.969. The molecule has 4 rings (SSSR count). The zero-order valence-corrected chi connectivity index (χ0v) is 23.1. The van der Waals surface area contributed by atoms with E-state index in [4.69, 9.17) is 27.9 Å². The van der Waals surface area contributed by atoms with Gasteiger partial charge in [0.25, 0.3) is 0 Å². The Kier molecular flexibility index (Phi) is 9.06. The predicted octanol–water partition coefficient (Wildman–Crippen LogP) is 3.40. The quantitative estimate of drug-likeness (QED) is 0.400. The summed E-state index contributed by atoms with van der Waals surface area (Å²) in [5.74, 6) is 1.48. The van der Waals surface area contributed by atoms with Crippen LogP contribution in [-0.2, 0) is 16.0 Å². The molecule has 2 amide bonds. The van der Waals surface area contributed by atoms with Crippen LogP contribution in [0.4, 0.5) is 5.82 Å². The van der Waals surface area contributed by atoms with Crippen LogP contribution in [0.1, 0.15) is 25.8 Å². The molecule has 2 aromatic heterocycles. The van der Waals surface area contributed by atoms with Crippen molar-refractivity contribution in [1.82, 2.24) is 29.7 Å². The van der Waals surface area contributed by atoms with E-state index in [1.807, 2.05) is 30.9 Å². The van der Waals surface area contributed by atoms with Crippen molar-refractivity contribution < 1.29 is 14.3 Å². The van der Waals surface area contributed by atoms with Gasteiger partial charge in [-0.1, -0.05) is 43.1 Å². The van der Waals surface area contributed by atoms with Crippen LogP contribution in [0.15, 0.2) is 43.0 Å². The lowest BCUT2D eigenvalue weighted by atomic mass is 10.1. The second kappa shape index (κ2) is 12.4. The molecular weight excluding hydrogens is 529 g/mol. The molecular formula is C26H31Cl2N7O3. The molecule has 1 saturated heterocycles. The minimum absolute atomic E-state index is 0.0402. The van der Waals surface area contributed by atoms with Crippen LogP contribution in [0.3, 0.4) is 0 Å². The van der Waals surface area contributed by atoms with Crippen molar-refractivity contribution in [1.29, 1.82) is 0 Å². The topological polar surface area (TPSA) is 105 Å². The van der Waals surface area contributed by atoms with Gasteiger partial charge in [0.2, 0.25) is 17.8 Å². The molecule has 3 heterocycles. The Morgan fingerprint density at radius 1 is 1.18 bits per heavy atom. The van der Waals surface area contributed by atoms with Crippen LogP contribution >= 0.6 is 23.2 Å². The largest absolute Gasteiger partial charge is 0.495 e. The van der Waals surface area contributed by atoms with Crippen LogP contribution in [0.2, 0.25) is 10.2 Å². The summed E-state index contributed by atoms with van der Waals surface area (Å²) in [4.78, 5) is 43.1. The van der Waals surface area contributed by atoms with Gasteiger partial charge in [0.1, 0.15) is 29.1 Å². The van der Waals surface area contributed by atoms with Gasteiger partial charge in [0.05, 0.1) is 12.1 Å². The van der Waals surface area contributed by atoms with E-state index in [0.717, 1.165) is 5.56 Å². The van der Waals surface area contributed by atoms with Gasteiger partial charge in [0, 0.05) is 51.1 Å². The monoisotopic (exact) mass is 559 g/mol. The Morgan fingerprint density at radius 2 is 2.00 bits per heavy atom. The maximum Gasteiger partial charge on any atom is 0.244 e. The summed E-state index contributed by atoms with van der Waals surface area (Å²) in [6, 6.07) is 6.52. The molecule has 0 bridgehead atoms. The Morgan fingerprint density at radius 3 is 2.68 bits per heavy atom. The number of carbonyl (C=O) groups is 2. The van der Waals surface area contributed by atoms with E-state index in [1.165, 1.54) is 0 Å². The van der Waals surface area contributed by atoms with E-state index in [9.17, 15) is 9.59 Å². The highest BCUT2D eigenvalue weighted by Gasteiger charge is 2.36. The van der Waals surface area contributed by atoms with E-state index in [-0.39, 0.29) is 29.4 Å². The zero-order chi connectivity index (χ0) is 27.2. The summed E-state index contributed by atoms with van der Waals surface area (Å²) in [7, 11) is 1.56. The molecule has 12 heteroatoms. The Hall–Kier alpha value is -3.37. The Bertz CT molecular complexity index is 1270. The first-order valence-electron chi connectivity index (χ1n) is 12.4. The molecule has 1 N–H and O–H groups in total. The maximum absolute atomic E-state index is 13.4. The van der Waals surface area contributed by atoms with Gasteiger partial charge in [-0.15, -0.1) is 0 Å². The van der Waals surface area contributed by atoms with Gasteiger partial charge in [0.15, 0.2) is 0 Å². The highest BCUT2D eigenvalue weighted by atomic mass is 35.5. The predicted molar refractivity (Wildman–Crippen MR) is 146 cm³/mol. The number of rotatable bonds is 9. The number of amides is 2. The molecule has 0 aliphatic carbocycles. The Labute approximate surface area is 231 Å². The molecule has 1 atom stereocenters. The number of carbonyl (C=O) groups excluding carboxylic acids is 2. The fourth-order valence-corrected chi connectivity index (χ4v) is 4.80. The summed E-state index contributed by atoms with van der Waals surface area (Å²) in [6.45, 7) is 5.55. The molecule has 1 unspecified atom stereocenters. The average Bonchev–Trinajstić information content (AvgIpc) is 3.43. The number of benzene rings is 1. The lowest BCUT2D eigenvalue weighted by Crippen LogP contribution is -2.61. The maximum atomic E-state index is 13.4. The number of anilines is 1. The molecule has 1 aliphatic rings. The zero-order valence-electron chi connectivity index (χ0n) is 21.6. The van der Waals surface area contributed by atoms with Gasteiger partial charge >= 0.3 is 0 Å². The third kappa shape index (κ3) is 6.73. The number of hydrogen-bond acceptors (Lipinski definition) is 7. The minimum atomic E-state index is -0.681. The smallest absolute Gasteiger partial charge is 0.244 e. The molecule has 1 aliphatic heterocycles. The number of nitrogens with one attached hydrogen (secondary N) is 1. The number of methoxy groups -OCH3 is 1. The van der Waals surface area contributed by atoms with Crippen LogP contribution in [-0.4, -0.2) is 75.6 Å². The van der Waals surface area contributed by atoms with Crippen molar-refractivity contribution >= 4 is 40.8 Å². The second-order valence-corrected chi connectivity index (χ2v) is 10.3. The number of ether oxygens (including phenoxy) is 1. The van der Waals surface area contributed by atoms with Crippen LogP contribution in [0.5, 0.6) is 5.75 Å². The number of imidazole rings is 1. The number of piperazine rings is 1. The van der Waals surface area contributed by atoms with E-state index in [1.54, 1.807) is 47.4 Å². The lowest BCUT2D eigenvalue weighted by molar-refractivity contribution is -0.141. The standard InChI is InChI=1S/C26H31Cl2N7O3/c1-17(2)12-24(36)35-11-10-33(23-14-22(28)31-26(32-23)34-9-8-29-16-34)15-20(35)25(37)30-7-6-18-4-5-21(38-3)19(27)13-18/h4-5,8-9,13-14,16-17,20H,6-7,10-12,15H2,1-3H3,(H,30,37). The molecule has 1 aromatic carbocycles. The lowest BCUT2D eigenvalue weighted by Gasteiger charge is -2.41. The number of hydrogen-bond donors (Lipinski definition) is 1. The number of halogens is 2. The highest BCUT2D eigenvalue weighted by Crippen LogP contribution is 2.25. The van der Waals surface area contributed by atoms with Crippen molar-refractivity contribution in [3.63, 3.8) is 0 Å². The fraction of sp³-hybridized carbons (Fsp3) is 0.423. The third-order valence-electron chi connectivity index (χ3n) is 6.24. The molecule has 0 spiro atoms. The third-order valence-corrected chi connectivity index (χ3v) is 6.73. The van der Waals surface area contributed by atoms with Crippen LogP contribution in [0.25, 0.3) is 5.95 Å². The van der Waals surface area contributed by atoms with Crippen molar-refractivity contribution in [2.45, 2.75) is 32.7 Å². The van der Waals surface area contributed by atoms with Crippen LogP contribution < -0.4 is 15.0 Å². The van der Waals surface area contributed by atoms with Gasteiger partial charge in [-0.2, -0.15) is 4.98 Å². The molecule has 1 fully saturated rings. The first kappa shape index (κ1) is 27.7. The summed E-state index contributed by atoms with van der Waals surface area (Å²) in [5, 5.41) is 3.79. The van der Waals surface area contributed by atoms with E-state index in [0.29, 0.717) is 55.0 Å². The molecule has 38 heavy (non-hydrogen) atoms. The normalized spacial score (nSPS) is 15.6. The van der Waals surface area contributed by atoms with Crippen molar-refractivity contribution in [3.05, 3.63) is 58.7 Å². The summed E-state index contributed by atoms with van der Waals surface area (Å²) < 4.78 is 6.86. The molecule has 0 radical (unpaired) electrons. The van der Waals surface area contributed by atoms with Crippen LogP contribution in [0, 0.1) is 5.92 Å². The van der Waals surface area contributed by atoms with Gasteiger partial charge < -0.3 is 19.9 Å². The average molecular weight is 560 g/mol. The molecule has 0 saturated carbocycles. The van der Waals surface area contributed by atoms with E-state index in [2.05, 4.69) is 20.3 Å². The Balaban J connectivity index is 1.49. The van der Waals surface area contributed by atoms with Gasteiger partial charge in [-0.25, -0.2) is 9.97 Å². The molecule has 202 valence electrons. The SMILES string of the molecule is COc1ccc(CCNC(=O)C2CN(c3cc(Cl)nc(-n4ccnc4)n3)CCN2C(=O)CC(C)C)cc1Cl. The molecule has 3 aromatic rings. The highest BCUT2D eigenvalue weighted by molar-refractivity contribution is 6.32. The van der Waals surface area contributed by atoms with Crippen molar-refractivity contribution in [2.75, 3.05) is 38.2 Å². The fourth-order valence-electron chi connectivity index (χ4n) is 4.34. The molecule has 10 nitrogen and oxygen atoms in total. The van der Waals surface area contributed by atoms with Crippen molar-refractivity contribution in [3.8, 4) is 11.7 Å².